The maximum absolute atomic E-state index is 12.8. The van der Waals surface area contributed by atoms with Crippen LogP contribution in [0.2, 0.25) is 4.34 Å². The maximum atomic E-state index is 12.8. The number of aromatic nitrogens is 1. The smallest absolute Gasteiger partial charge is 0.235 e. The molecule has 1 N–H and O–H groups in total. The van der Waals surface area contributed by atoms with E-state index in [0.717, 1.165) is 47.6 Å². The third kappa shape index (κ3) is 5.65. The summed E-state index contributed by atoms with van der Waals surface area (Å²) in [5, 5.41) is 6.03. The number of piperazine rings is 1. The number of hydrogen-bond acceptors (Lipinski definition) is 6. The SMILES string of the molecule is O=C(CN1CCN(Cc2ccc(Cl)s2)CC1)NC(c1ccccc1)c1nccs1. The summed E-state index contributed by atoms with van der Waals surface area (Å²) in [6.07, 6.45) is 1.78. The van der Waals surface area contributed by atoms with Gasteiger partial charge in [-0.1, -0.05) is 41.9 Å². The minimum absolute atomic E-state index is 0.0348. The Morgan fingerprint density at radius 2 is 1.86 bits per heavy atom. The molecule has 1 amide bonds. The molecule has 1 atom stereocenters. The van der Waals surface area contributed by atoms with E-state index < -0.39 is 0 Å². The molecule has 0 aliphatic carbocycles. The summed E-state index contributed by atoms with van der Waals surface area (Å²) in [6, 6.07) is 13.9. The van der Waals surface area contributed by atoms with Crippen molar-refractivity contribution >= 4 is 40.2 Å². The molecule has 2 aromatic heterocycles. The monoisotopic (exact) mass is 446 g/mol. The number of carbonyl (C=O) groups is 1. The van der Waals surface area contributed by atoms with Gasteiger partial charge in [0, 0.05) is 49.2 Å². The van der Waals surface area contributed by atoms with E-state index in [2.05, 4.69) is 26.2 Å². The Morgan fingerprint density at radius 3 is 2.52 bits per heavy atom. The number of nitrogens with zero attached hydrogens (tertiary/aromatic N) is 3. The number of benzene rings is 1. The van der Waals surface area contributed by atoms with Crippen LogP contribution in [-0.2, 0) is 11.3 Å². The number of thiophene rings is 1. The van der Waals surface area contributed by atoms with E-state index in [1.165, 1.54) is 4.88 Å². The Morgan fingerprint density at radius 1 is 1.10 bits per heavy atom. The summed E-state index contributed by atoms with van der Waals surface area (Å²) < 4.78 is 0.837. The Balaban J connectivity index is 1.30. The number of rotatable bonds is 7. The van der Waals surface area contributed by atoms with E-state index in [0.29, 0.717) is 6.54 Å². The molecule has 0 spiro atoms. The number of thiazole rings is 1. The molecule has 1 aliphatic rings. The van der Waals surface area contributed by atoms with Crippen LogP contribution in [0.4, 0.5) is 0 Å². The van der Waals surface area contributed by atoms with Gasteiger partial charge >= 0.3 is 0 Å². The van der Waals surface area contributed by atoms with Gasteiger partial charge in [0.05, 0.1) is 10.9 Å². The normalized spacial score (nSPS) is 16.6. The van der Waals surface area contributed by atoms with Crippen molar-refractivity contribution in [1.29, 1.82) is 0 Å². The third-order valence-corrected chi connectivity index (χ3v) is 7.03. The van der Waals surface area contributed by atoms with Crippen molar-refractivity contribution in [3.05, 3.63) is 73.8 Å². The topological polar surface area (TPSA) is 48.5 Å². The first-order chi connectivity index (χ1) is 14.2. The van der Waals surface area contributed by atoms with Gasteiger partial charge in [0.15, 0.2) is 0 Å². The van der Waals surface area contributed by atoms with Gasteiger partial charge in [0.2, 0.25) is 5.91 Å². The summed E-state index contributed by atoms with van der Waals surface area (Å²) in [4.78, 5) is 23.1. The highest BCUT2D eigenvalue weighted by Crippen LogP contribution is 2.24. The predicted octanol–water partition coefficient (Wildman–Crippen LogP) is 3.88. The molecule has 0 bridgehead atoms. The van der Waals surface area contributed by atoms with Gasteiger partial charge < -0.3 is 5.32 Å². The van der Waals surface area contributed by atoms with E-state index in [4.69, 9.17) is 11.6 Å². The molecular formula is C21H23ClN4OS2. The number of carbonyl (C=O) groups excluding carboxylic acids is 1. The van der Waals surface area contributed by atoms with Crippen LogP contribution >= 0.6 is 34.3 Å². The molecule has 0 radical (unpaired) electrons. The van der Waals surface area contributed by atoms with Crippen LogP contribution in [0.1, 0.15) is 21.5 Å². The van der Waals surface area contributed by atoms with Crippen molar-refractivity contribution < 1.29 is 4.79 Å². The minimum atomic E-state index is -0.200. The predicted molar refractivity (Wildman–Crippen MR) is 120 cm³/mol. The first kappa shape index (κ1) is 20.5. The lowest BCUT2D eigenvalue weighted by atomic mass is 10.1. The van der Waals surface area contributed by atoms with Crippen LogP contribution in [0.15, 0.2) is 54.0 Å². The number of hydrogen-bond donors (Lipinski definition) is 1. The molecule has 5 nitrogen and oxygen atoms in total. The second-order valence-corrected chi connectivity index (χ2v) is 9.77. The molecule has 3 aromatic rings. The number of halogens is 1. The lowest BCUT2D eigenvalue weighted by Crippen LogP contribution is -2.49. The zero-order chi connectivity index (χ0) is 20.1. The summed E-state index contributed by atoms with van der Waals surface area (Å²) in [7, 11) is 0. The fourth-order valence-corrected chi connectivity index (χ4v) is 5.33. The Labute approximate surface area is 183 Å². The van der Waals surface area contributed by atoms with Crippen LogP contribution in [-0.4, -0.2) is 53.4 Å². The van der Waals surface area contributed by atoms with Gasteiger partial charge in [-0.2, -0.15) is 0 Å². The third-order valence-electron chi connectivity index (χ3n) is 4.98. The van der Waals surface area contributed by atoms with Gasteiger partial charge in [0.25, 0.3) is 0 Å². The average Bonchev–Trinajstić information content (AvgIpc) is 3.40. The second kappa shape index (κ2) is 9.82. The van der Waals surface area contributed by atoms with E-state index in [1.54, 1.807) is 28.9 Å². The summed E-state index contributed by atoms with van der Waals surface area (Å²) in [5.74, 6) is 0.0348. The van der Waals surface area contributed by atoms with E-state index in [9.17, 15) is 4.79 Å². The first-order valence-electron chi connectivity index (χ1n) is 9.60. The molecule has 1 unspecified atom stereocenters. The summed E-state index contributed by atoms with van der Waals surface area (Å²) in [5.41, 5.74) is 1.05. The van der Waals surface area contributed by atoms with Crippen LogP contribution in [0.25, 0.3) is 0 Å². The fourth-order valence-electron chi connectivity index (χ4n) is 3.48. The molecule has 152 valence electrons. The minimum Gasteiger partial charge on any atom is -0.342 e. The van der Waals surface area contributed by atoms with Crippen molar-refractivity contribution in [2.24, 2.45) is 0 Å². The van der Waals surface area contributed by atoms with Gasteiger partial charge in [0.1, 0.15) is 11.0 Å². The molecule has 1 fully saturated rings. The highest BCUT2D eigenvalue weighted by atomic mass is 35.5. The fraction of sp³-hybridized carbons (Fsp3) is 0.333. The summed E-state index contributed by atoms with van der Waals surface area (Å²) >= 11 is 9.22. The highest BCUT2D eigenvalue weighted by Gasteiger charge is 2.23. The molecule has 8 heteroatoms. The van der Waals surface area contributed by atoms with Gasteiger partial charge in [-0.3, -0.25) is 14.6 Å². The zero-order valence-electron chi connectivity index (χ0n) is 16.0. The van der Waals surface area contributed by atoms with Crippen LogP contribution in [0.3, 0.4) is 0 Å². The van der Waals surface area contributed by atoms with Gasteiger partial charge in [-0.25, -0.2) is 4.98 Å². The molecule has 3 heterocycles. The molecule has 4 rings (SSSR count). The molecule has 29 heavy (non-hydrogen) atoms. The van der Waals surface area contributed by atoms with Gasteiger partial charge in [-0.05, 0) is 17.7 Å². The maximum Gasteiger partial charge on any atom is 0.235 e. The molecule has 1 aromatic carbocycles. The lowest BCUT2D eigenvalue weighted by molar-refractivity contribution is -0.123. The van der Waals surface area contributed by atoms with Gasteiger partial charge in [-0.15, -0.1) is 22.7 Å². The van der Waals surface area contributed by atoms with Crippen LogP contribution < -0.4 is 5.32 Å². The second-order valence-electron chi connectivity index (χ2n) is 7.04. The van der Waals surface area contributed by atoms with E-state index in [-0.39, 0.29) is 11.9 Å². The van der Waals surface area contributed by atoms with Crippen molar-refractivity contribution in [2.45, 2.75) is 12.6 Å². The Hall–Kier alpha value is -1.77. The van der Waals surface area contributed by atoms with E-state index >= 15 is 0 Å². The highest BCUT2D eigenvalue weighted by molar-refractivity contribution is 7.16. The Bertz CT molecular complexity index is 908. The Kier molecular flexibility index (Phi) is 6.94. The van der Waals surface area contributed by atoms with Crippen molar-refractivity contribution in [3.8, 4) is 0 Å². The average molecular weight is 447 g/mol. The molecule has 1 saturated heterocycles. The summed E-state index contributed by atoms with van der Waals surface area (Å²) in [6.45, 7) is 5.03. The molecule has 1 aliphatic heterocycles. The molecule has 0 saturated carbocycles. The van der Waals surface area contributed by atoms with Crippen LogP contribution in [0, 0.1) is 0 Å². The lowest BCUT2D eigenvalue weighted by Gasteiger charge is -2.34. The number of nitrogens with one attached hydrogen (secondary N) is 1. The van der Waals surface area contributed by atoms with Crippen molar-refractivity contribution in [3.63, 3.8) is 0 Å². The first-order valence-corrected chi connectivity index (χ1v) is 11.7. The standard InChI is InChI=1S/C21H23ClN4OS2/c22-18-7-6-17(29-18)14-25-9-11-26(12-10-25)15-19(27)24-20(21-23-8-13-28-21)16-4-2-1-3-5-16/h1-8,13,20H,9-12,14-15H2,(H,24,27). The largest absolute Gasteiger partial charge is 0.342 e. The molecular weight excluding hydrogens is 424 g/mol. The number of amides is 1. The van der Waals surface area contributed by atoms with E-state index in [1.807, 2.05) is 41.8 Å². The van der Waals surface area contributed by atoms with Crippen LogP contribution in [0.5, 0.6) is 0 Å². The quantitative estimate of drug-likeness (QED) is 0.598. The van der Waals surface area contributed by atoms with Crippen molar-refractivity contribution in [2.75, 3.05) is 32.7 Å². The van der Waals surface area contributed by atoms with Crippen molar-refractivity contribution in [1.82, 2.24) is 20.1 Å². The zero-order valence-corrected chi connectivity index (χ0v) is 18.3.